The highest BCUT2D eigenvalue weighted by Gasteiger charge is 2.18. The van der Waals surface area contributed by atoms with Crippen LogP contribution in [0.5, 0.6) is 5.75 Å². The Hall–Kier alpha value is -0.680. The monoisotopic (exact) mass is 357 g/mol. The zero-order valence-corrected chi connectivity index (χ0v) is 14.5. The highest BCUT2D eigenvalue weighted by atomic mass is 79.9. The van der Waals surface area contributed by atoms with Crippen molar-refractivity contribution in [2.24, 2.45) is 0 Å². The van der Waals surface area contributed by atoms with Crippen molar-refractivity contribution in [1.82, 2.24) is 5.32 Å². The molecule has 0 saturated carbocycles. The summed E-state index contributed by atoms with van der Waals surface area (Å²) in [5, 5.41) is 2.97. The van der Waals surface area contributed by atoms with Crippen LogP contribution in [0.4, 0.5) is 0 Å². The van der Waals surface area contributed by atoms with E-state index in [2.05, 4.69) is 48.1 Å². The number of hydrogen-bond donors (Lipinski definition) is 1. The van der Waals surface area contributed by atoms with Crippen molar-refractivity contribution in [2.75, 3.05) is 12.4 Å². The Bertz CT molecular complexity index is 511. The van der Waals surface area contributed by atoms with Crippen molar-refractivity contribution in [3.63, 3.8) is 0 Å². The van der Waals surface area contributed by atoms with Crippen LogP contribution in [0, 0.1) is 0 Å². The van der Waals surface area contributed by atoms with Crippen LogP contribution in [0.1, 0.15) is 31.9 Å². The molecule has 1 aliphatic heterocycles. The third-order valence-corrected chi connectivity index (χ3v) is 4.67. The van der Waals surface area contributed by atoms with E-state index in [0.717, 1.165) is 28.8 Å². The summed E-state index contributed by atoms with van der Waals surface area (Å²) in [5.74, 6) is 1.49. The van der Waals surface area contributed by atoms with Gasteiger partial charge in [-0.1, -0.05) is 36.7 Å². The molecule has 3 nitrogen and oxygen atoms in total. The van der Waals surface area contributed by atoms with E-state index in [0.29, 0.717) is 12.3 Å². The van der Waals surface area contributed by atoms with Gasteiger partial charge in [0, 0.05) is 27.7 Å². The number of nitrogens with one attached hydrogen (secondary N) is 1. The molecule has 0 spiro atoms. The fraction of sp³-hybridized carbons (Fsp3) is 0.533. The van der Waals surface area contributed by atoms with Gasteiger partial charge in [0.2, 0.25) is 5.91 Å². The molecule has 0 atom stereocenters. The number of fused-ring (bicyclic) bond motifs is 1. The van der Waals surface area contributed by atoms with E-state index in [1.165, 1.54) is 5.56 Å². The maximum absolute atomic E-state index is 11.9. The summed E-state index contributed by atoms with van der Waals surface area (Å²) >= 11 is 5.16. The number of carbonyl (C=O) groups excluding carboxylic acids is 1. The van der Waals surface area contributed by atoms with Gasteiger partial charge < -0.3 is 10.1 Å². The number of ether oxygens (including phenoxy) is 1. The second kappa shape index (κ2) is 6.39. The van der Waals surface area contributed by atoms with Crippen molar-refractivity contribution in [1.29, 1.82) is 0 Å². The van der Waals surface area contributed by atoms with Crippen LogP contribution < -0.4 is 10.1 Å². The third kappa shape index (κ3) is 4.42. The molecule has 0 bridgehead atoms. The molecule has 1 aliphatic rings. The minimum absolute atomic E-state index is 0.0663. The van der Waals surface area contributed by atoms with Gasteiger partial charge in [-0.05, 0) is 17.7 Å². The maximum Gasteiger partial charge on any atom is 0.230 e. The molecule has 0 fully saturated rings. The number of hydrogen-bond acceptors (Lipinski definition) is 3. The lowest BCUT2D eigenvalue weighted by Crippen LogP contribution is -2.26. The van der Waals surface area contributed by atoms with Crippen molar-refractivity contribution in [2.45, 2.75) is 38.5 Å². The summed E-state index contributed by atoms with van der Waals surface area (Å²) in [6.45, 7) is 7.58. The topological polar surface area (TPSA) is 38.3 Å². The van der Waals surface area contributed by atoms with Gasteiger partial charge in [-0.25, -0.2) is 0 Å². The van der Waals surface area contributed by atoms with E-state index in [1.54, 1.807) is 11.8 Å². The molecule has 1 heterocycles. The summed E-state index contributed by atoms with van der Waals surface area (Å²) in [6, 6.07) is 4.10. The average molecular weight is 358 g/mol. The summed E-state index contributed by atoms with van der Waals surface area (Å²) < 4.78 is 6.80. The zero-order valence-electron chi connectivity index (χ0n) is 12.1. The van der Waals surface area contributed by atoms with Gasteiger partial charge >= 0.3 is 0 Å². The standard InChI is InChI=1S/C15H20BrNO2S/c1-15(2,3)20-9-13(18)17-8-11-7-12(16)6-10-4-5-19-14(10)11/h6-7H,4-5,8-9H2,1-3H3,(H,17,18). The first-order valence-corrected chi connectivity index (χ1v) is 8.48. The minimum Gasteiger partial charge on any atom is -0.493 e. The Kier molecular flexibility index (Phi) is 5.02. The third-order valence-electron chi connectivity index (χ3n) is 2.94. The van der Waals surface area contributed by atoms with Crippen LogP contribution in [-0.4, -0.2) is 23.0 Å². The smallest absolute Gasteiger partial charge is 0.230 e. The lowest BCUT2D eigenvalue weighted by Gasteiger charge is -2.17. The maximum atomic E-state index is 11.9. The van der Waals surface area contributed by atoms with Gasteiger partial charge in [-0.3, -0.25) is 4.79 Å². The largest absolute Gasteiger partial charge is 0.493 e. The first kappa shape index (κ1) is 15.7. The second-order valence-electron chi connectivity index (χ2n) is 5.83. The Balaban J connectivity index is 1.93. The van der Waals surface area contributed by atoms with E-state index in [4.69, 9.17) is 4.74 Å². The van der Waals surface area contributed by atoms with Gasteiger partial charge in [0.05, 0.1) is 12.4 Å². The van der Waals surface area contributed by atoms with Crippen molar-refractivity contribution in [3.8, 4) is 5.75 Å². The molecule has 0 unspecified atom stereocenters. The Morgan fingerprint density at radius 2 is 2.20 bits per heavy atom. The zero-order chi connectivity index (χ0) is 14.8. The van der Waals surface area contributed by atoms with E-state index < -0.39 is 0 Å². The van der Waals surface area contributed by atoms with Crippen LogP contribution >= 0.6 is 27.7 Å². The molecule has 1 aromatic rings. The number of rotatable bonds is 4. The molecule has 0 aromatic heterocycles. The molecular weight excluding hydrogens is 338 g/mol. The van der Waals surface area contributed by atoms with Crippen LogP contribution in [0.25, 0.3) is 0 Å². The fourth-order valence-corrected chi connectivity index (χ4v) is 3.22. The van der Waals surface area contributed by atoms with Crippen LogP contribution in [0.15, 0.2) is 16.6 Å². The molecule has 110 valence electrons. The van der Waals surface area contributed by atoms with Crippen LogP contribution in [0.2, 0.25) is 0 Å². The van der Waals surface area contributed by atoms with Crippen LogP contribution in [0.3, 0.4) is 0 Å². The highest BCUT2D eigenvalue weighted by molar-refractivity contribution is 9.10. The van der Waals surface area contributed by atoms with Gasteiger partial charge in [0.25, 0.3) is 0 Å². The number of carbonyl (C=O) groups is 1. The Labute approximate surface area is 133 Å². The van der Waals surface area contributed by atoms with E-state index in [9.17, 15) is 4.79 Å². The number of benzene rings is 1. The molecule has 2 rings (SSSR count). The molecule has 0 radical (unpaired) electrons. The van der Waals surface area contributed by atoms with Gasteiger partial charge in [0.15, 0.2) is 0 Å². The van der Waals surface area contributed by atoms with Crippen molar-refractivity contribution >= 4 is 33.6 Å². The summed E-state index contributed by atoms with van der Waals surface area (Å²) in [5.41, 5.74) is 2.26. The lowest BCUT2D eigenvalue weighted by molar-refractivity contribution is -0.118. The summed E-state index contributed by atoms with van der Waals surface area (Å²) in [4.78, 5) is 11.9. The van der Waals surface area contributed by atoms with Gasteiger partial charge in [-0.2, -0.15) is 0 Å². The average Bonchev–Trinajstić information content (AvgIpc) is 2.80. The molecule has 0 saturated heterocycles. The number of amides is 1. The van der Waals surface area contributed by atoms with E-state index >= 15 is 0 Å². The molecular formula is C15H20BrNO2S. The second-order valence-corrected chi connectivity index (χ2v) is 8.55. The Morgan fingerprint density at radius 3 is 2.90 bits per heavy atom. The molecule has 1 aromatic carbocycles. The predicted octanol–water partition coefficient (Wildman–Crippen LogP) is 3.53. The molecule has 5 heteroatoms. The quantitative estimate of drug-likeness (QED) is 0.895. The number of halogens is 1. The summed E-state index contributed by atoms with van der Waals surface area (Å²) in [6.07, 6.45) is 0.940. The summed E-state index contributed by atoms with van der Waals surface area (Å²) in [7, 11) is 0. The molecule has 20 heavy (non-hydrogen) atoms. The molecule has 1 N–H and O–H groups in total. The lowest BCUT2D eigenvalue weighted by atomic mass is 10.1. The first-order valence-electron chi connectivity index (χ1n) is 6.70. The number of thioether (sulfide) groups is 1. The fourth-order valence-electron chi connectivity index (χ4n) is 2.00. The normalized spacial score (nSPS) is 13.8. The highest BCUT2D eigenvalue weighted by Crippen LogP contribution is 2.32. The Morgan fingerprint density at radius 1 is 1.45 bits per heavy atom. The van der Waals surface area contributed by atoms with E-state index in [-0.39, 0.29) is 10.7 Å². The minimum atomic E-state index is 0.0663. The van der Waals surface area contributed by atoms with Crippen molar-refractivity contribution in [3.05, 3.63) is 27.7 Å². The van der Waals surface area contributed by atoms with E-state index in [1.807, 2.05) is 6.07 Å². The van der Waals surface area contributed by atoms with Gasteiger partial charge in [-0.15, -0.1) is 11.8 Å². The predicted molar refractivity (Wildman–Crippen MR) is 87.4 cm³/mol. The molecule has 0 aliphatic carbocycles. The van der Waals surface area contributed by atoms with Crippen LogP contribution in [-0.2, 0) is 17.8 Å². The first-order chi connectivity index (χ1) is 9.35. The van der Waals surface area contributed by atoms with Gasteiger partial charge in [0.1, 0.15) is 5.75 Å². The SMILES string of the molecule is CC(C)(C)SCC(=O)NCc1cc(Br)cc2c1OCC2. The molecule has 1 amide bonds. The van der Waals surface area contributed by atoms with Crippen molar-refractivity contribution < 1.29 is 9.53 Å².